The van der Waals surface area contributed by atoms with Crippen LogP contribution in [-0.4, -0.2) is 56.5 Å². The second kappa shape index (κ2) is 8.53. The van der Waals surface area contributed by atoms with Crippen molar-refractivity contribution in [3.05, 3.63) is 29.8 Å². The minimum atomic E-state index is -0.111. The van der Waals surface area contributed by atoms with Gasteiger partial charge in [0.25, 0.3) is 0 Å². The highest BCUT2D eigenvalue weighted by atomic mass is 16.2. The van der Waals surface area contributed by atoms with E-state index in [2.05, 4.69) is 21.6 Å². The monoisotopic (exact) mass is 318 g/mol. The topological polar surface area (TPSA) is 64.7 Å². The largest absolute Gasteiger partial charge is 0.361 e. The lowest BCUT2D eigenvalue weighted by atomic mass is 10.1. The van der Waals surface area contributed by atoms with E-state index in [-0.39, 0.29) is 24.9 Å². The quantitative estimate of drug-likeness (QED) is 0.805. The maximum atomic E-state index is 12.4. The standard InChI is InChI=1S/C17H26N4O2/c1-3-8-19-16(22)12-20(2)17(23)13-21-10-9-18-11-14-6-4-5-7-15(14)21/h4-7,18H,3,8-13H2,1-2H3,(H,19,22). The number of rotatable bonds is 6. The molecule has 0 saturated carbocycles. The molecule has 1 aliphatic rings. The Kier molecular flexibility index (Phi) is 6.40. The molecule has 126 valence electrons. The highest BCUT2D eigenvalue weighted by molar-refractivity contribution is 5.87. The van der Waals surface area contributed by atoms with E-state index in [0.717, 1.165) is 31.7 Å². The first-order valence-electron chi connectivity index (χ1n) is 8.16. The number of hydrogen-bond donors (Lipinski definition) is 2. The molecule has 1 aromatic carbocycles. The first kappa shape index (κ1) is 17.3. The summed E-state index contributed by atoms with van der Waals surface area (Å²) in [6.45, 7) is 5.46. The van der Waals surface area contributed by atoms with Crippen molar-refractivity contribution < 1.29 is 9.59 Å². The zero-order chi connectivity index (χ0) is 16.7. The predicted octanol–water partition coefficient (Wildman–Crippen LogP) is 0.581. The van der Waals surface area contributed by atoms with Crippen LogP contribution in [0.3, 0.4) is 0 Å². The molecule has 1 heterocycles. The summed E-state index contributed by atoms with van der Waals surface area (Å²) < 4.78 is 0. The van der Waals surface area contributed by atoms with E-state index < -0.39 is 0 Å². The number of likely N-dealkylation sites (N-methyl/N-ethyl adjacent to an activating group) is 1. The van der Waals surface area contributed by atoms with Gasteiger partial charge in [-0.15, -0.1) is 0 Å². The minimum absolute atomic E-state index is 0.0478. The molecule has 2 rings (SSSR count). The Labute approximate surface area is 137 Å². The number of anilines is 1. The number of para-hydroxylation sites is 1. The lowest BCUT2D eigenvalue weighted by Crippen LogP contribution is -2.44. The van der Waals surface area contributed by atoms with Crippen LogP contribution in [0.4, 0.5) is 5.69 Å². The summed E-state index contributed by atoms with van der Waals surface area (Å²) in [6, 6.07) is 8.12. The van der Waals surface area contributed by atoms with E-state index in [0.29, 0.717) is 6.54 Å². The number of hydrogen-bond acceptors (Lipinski definition) is 4. The van der Waals surface area contributed by atoms with Crippen molar-refractivity contribution in [3.63, 3.8) is 0 Å². The molecule has 2 N–H and O–H groups in total. The third-order valence-electron chi connectivity index (χ3n) is 3.91. The molecular weight excluding hydrogens is 292 g/mol. The van der Waals surface area contributed by atoms with Crippen molar-refractivity contribution in [3.8, 4) is 0 Å². The van der Waals surface area contributed by atoms with E-state index in [4.69, 9.17) is 0 Å². The average molecular weight is 318 g/mol. The molecule has 1 aromatic rings. The SMILES string of the molecule is CCCNC(=O)CN(C)C(=O)CN1CCNCc2ccccc21. The van der Waals surface area contributed by atoms with Gasteiger partial charge in [0.2, 0.25) is 11.8 Å². The van der Waals surface area contributed by atoms with E-state index in [1.54, 1.807) is 7.05 Å². The highest BCUT2D eigenvalue weighted by Gasteiger charge is 2.20. The molecule has 0 aliphatic carbocycles. The van der Waals surface area contributed by atoms with Crippen LogP contribution >= 0.6 is 0 Å². The van der Waals surface area contributed by atoms with Crippen molar-refractivity contribution in [1.29, 1.82) is 0 Å². The van der Waals surface area contributed by atoms with Gasteiger partial charge >= 0.3 is 0 Å². The Hall–Kier alpha value is -2.08. The number of amides is 2. The highest BCUT2D eigenvalue weighted by Crippen LogP contribution is 2.21. The smallest absolute Gasteiger partial charge is 0.242 e. The Balaban J connectivity index is 1.95. The number of fused-ring (bicyclic) bond motifs is 1. The number of benzene rings is 1. The number of nitrogens with zero attached hydrogens (tertiary/aromatic N) is 2. The van der Waals surface area contributed by atoms with Gasteiger partial charge in [-0.1, -0.05) is 25.1 Å². The van der Waals surface area contributed by atoms with Crippen molar-refractivity contribution in [2.75, 3.05) is 44.7 Å². The van der Waals surface area contributed by atoms with E-state index in [1.807, 2.05) is 25.1 Å². The van der Waals surface area contributed by atoms with E-state index >= 15 is 0 Å². The lowest BCUT2D eigenvalue weighted by molar-refractivity contribution is -0.133. The van der Waals surface area contributed by atoms with Crippen LogP contribution in [0, 0.1) is 0 Å². The van der Waals surface area contributed by atoms with Gasteiger partial charge in [-0.25, -0.2) is 0 Å². The maximum absolute atomic E-state index is 12.4. The molecular formula is C17H26N4O2. The normalized spacial score (nSPS) is 13.9. The molecule has 0 unspecified atom stereocenters. The summed E-state index contributed by atoms with van der Waals surface area (Å²) in [5.74, 6) is -0.158. The number of nitrogens with one attached hydrogen (secondary N) is 2. The van der Waals surface area contributed by atoms with Gasteiger partial charge in [0.05, 0.1) is 13.1 Å². The second-order valence-corrected chi connectivity index (χ2v) is 5.83. The van der Waals surface area contributed by atoms with Gasteiger partial charge in [-0.3, -0.25) is 9.59 Å². The van der Waals surface area contributed by atoms with Gasteiger partial charge in [0, 0.05) is 38.9 Å². The molecule has 0 aromatic heterocycles. The predicted molar refractivity (Wildman–Crippen MR) is 91.3 cm³/mol. The van der Waals surface area contributed by atoms with Crippen LogP contribution < -0.4 is 15.5 Å². The average Bonchev–Trinajstić information content (AvgIpc) is 2.75. The Morgan fingerprint density at radius 3 is 2.91 bits per heavy atom. The van der Waals surface area contributed by atoms with Gasteiger partial charge in [0.15, 0.2) is 0 Å². The van der Waals surface area contributed by atoms with Gasteiger partial charge in [0.1, 0.15) is 0 Å². The molecule has 0 bridgehead atoms. The third-order valence-corrected chi connectivity index (χ3v) is 3.91. The summed E-state index contributed by atoms with van der Waals surface area (Å²) in [5, 5.41) is 6.15. The molecule has 0 radical (unpaired) electrons. The fourth-order valence-corrected chi connectivity index (χ4v) is 2.60. The maximum Gasteiger partial charge on any atom is 0.242 e. The molecule has 0 atom stereocenters. The fraction of sp³-hybridized carbons (Fsp3) is 0.529. The fourth-order valence-electron chi connectivity index (χ4n) is 2.60. The van der Waals surface area contributed by atoms with Crippen LogP contribution in [0.1, 0.15) is 18.9 Å². The molecule has 0 fully saturated rings. The molecule has 0 saturated heterocycles. The second-order valence-electron chi connectivity index (χ2n) is 5.83. The molecule has 6 heteroatoms. The summed E-state index contributed by atoms with van der Waals surface area (Å²) >= 11 is 0. The Bertz CT molecular complexity index is 547. The summed E-state index contributed by atoms with van der Waals surface area (Å²) in [4.78, 5) is 27.7. The van der Waals surface area contributed by atoms with Crippen LogP contribution in [0.2, 0.25) is 0 Å². The van der Waals surface area contributed by atoms with Gasteiger partial charge in [-0.05, 0) is 18.1 Å². The molecule has 1 aliphatic heterocycles. The number of carbonyl (C=O) groups is 2. The first-order chi connectivity index (χ1) is 11.1. The van der Waals surface area contributed by atoms with E-state index in [1.165, 1.54) is 10.5 Å². The number of carbonyl (C=O) groups excluding carboxylic acids is 2. The van der Waals surface area contributed by atoms with Crippen LogP contribution in [0.15, 0.2) is 24.3 Å². The van der Waals surface area contributed by atoms with Gasteiger partial charge < -0.3 is 20.4 Å². The van der Waals surface area contributed by atoms with Crippen molar-refractivity contribution >= 4 is 17.5 Å². The molecule has 0 spiro atoms. The molecule has 23 heavy (non-hydrogen) atoms. The van der Waals surface area contributed by atoms with Crippen molar-refractivity contribution in [1.82, 2.24) is 15.5 Å². The first-order valence-corrected chi connectivity index (χ1v) is 8.16. The van der Waals surface area contributed by atoms with Crippen LogP contribution in [0.5, 0.6) is 0 Å². The van der Waals surface area contributed by atoms with E-state index in [9.17, 15) is 9.59 Å². The Morgan fingerprint density at radius 1 is 1.35 bits per heavy atom. The lowest BCUT2D eigenvalue weighted by Gasteiger charge is -2.26. The van der Waals surface area contributed by atoms with Crippen LogP contribution in [-0.2, 0) is 16.1 Å². The van der Waals surface area contributed by atoms with Crippen molar-refractivity contribution in [2.24, 2.45) is 0 Å². The molecule has 2 amide bonds. The Morgan fingerprint density at radius 2 is 2.13 bits per heavy atom. The zero-order valence-electron chi connectivity index (χ0n) is 14.0. The summed E-state index contributed by atoms with van der Waals surface area (Å²) in [5.41, 5.74) is 2.29. The summed E-state index contributed by atoms with van der Waals surface area (Å²) in [7, 11) is 1.68. The van der Waals surface area contributed by atoms with Crippen molar-refractivity contribution in [2.45, 2.75) is 19.9 Å². The van der Waals surface area contributed by atoms with Crippen LogP contribution in [0.25, 0.3) is 0 Å². The van der Waals surface area contributed by atoms with Gasteiger partial charge in [-0.2, -0.15) is 0 Å². The minimum Gasteiger partial charge on any atom is -0.361 e. The molecule has 6 nitrogen and oxygen atoms in total. The third kappa shape index (κ3) is 4.96. The zero-order valence-corrected chi connectivity index (χ0v) is 14.0. The summed E-state index contributed by atoms with van der Waals surface area (Å²) in [6.07, 6.45) is 0.890.